The third-order valence-corrected chi connectivity index (χ3v) is 11.4. The topological polar surface area (TPSA) is 77.6 Å². The lowest BCUT2D eigenvalue weighted by atomic mass is 10.0. The van der Waals surface area contributed by atoms with Crippen molar-refractivity contribution in [1.29, 1.82) is 0 Å². The summed E-state index contributed by atoms with van der Waals surface area (Å²) in [6.07, 6.45) is 0. The summed E-state index contributed by atoms with van der Waals surface area (Å²) >= 11 is 1.75. The van der Waals surface area contributed by atoms with E-state index in [1.54, 1.807) is 11.3 Å². The van der Waals surface area contributed by atoms with Gasteiger partial charge >= 0.3 is 0 Å². The van der Waals surface area contributed by atoms with Crippen LogP contribution in [0.1, 0.15) is 0 Å². The van der Waals surface area contributed by atoms with Crippen LogP contribution in [0.25, 0.3) is 110 Å². The summed E-state index contributed by atoms with van der Waals surface area (Å²) in [4.78, 5) is 25.6. The molecule has 0 radical (unpaired) electrons. The highest BCUT2D eigenvalue weighted by Gasteiger charge is 2.20. The summed E-state index contributed by atoms with van der Waals surface area (Å²) in [5.41, 5.74) is 9.19. The van der Waals surface area contributed by atoms with Crippen molar-refractivity contribution in [2.24, 2.45) is 0 Å². The summed E-state index contributed by atoms with van der Waals surface area (Å²) in [5.74, 6) is 2.52. The van der Waals surface area contributed by atoms with Gasteiger partial charge in [-0.3, -0.25) is 0 Å². The molecule has 7 heteroatoms. The Balaban J connectivity index is 1.09. The molecule has 0 aliphatic heterocycles. The lowest BCUT2D eigenvalue weighted by molar-refractivity contribution is 0.669. The zero-order valence-electron chi connectivity index (χ0n) is 29.8. The number of aromatic nitrogens is 5. The molecule has 7 aromatic carbocycles. The van der Waals surface area contributed by atoms with E-state index in [2.05, 4.69) is 78.9 Å². The highest BCUT2D eigenvalue weighted by atomic mass is 32.1. The SMILES string of the molecule is c1ccc(-c2cc(-c3ccc4sc5c(-c6nc(-c7ccccc7)nc(-c7cccc8oc9ccccc9c78)n6)cccc5c4c3)nc(-c3ccccc3)n2)cc1. The molecule has 0 atom stereocenters. The molecule has 0 saturated heterocycles. The lowest BCUT2D eigenvalue weighted by Gasteiger charge is -2.10. The molecule has 11 rings (SSSR count). The Morgan fingerprint density at radius 3 is 1.66 bits per heavy atom. The molecule has 0 fully saturated rings. The van der Waals surface area contributed by atoms with Crippen LogP contribution in [-0.4, -0.2) is 24.9 Å². The number of nitrogens with zero attached hydrogens (tertiary/aromatic N) is 5. The van der Waals surface area contributed by atoms with Crippen LogP contribution in [0.2, 0.25) is 0 Å². The van der Waals surface area contributed by atoms with Crippen molar-refractivity contribution in [3.05, 3.63) is 176 Å². The summed E-state index contributed by atoms with van der Waals surface area (Å²) < 4.78 is 8.54. The van der Waals surface area contributed by atoms with E-state index in [-0.39, 0.29) is 0 Å². The summed E-state index contributed by atoms with van der Waals surface area (Å²) in [5, 5.41) is 4.30. The third-order valence-electron chi connectivity index (χ3n) is 10.2. The minimum absolute atomic E-state index is 0.596. The van der Waals surface area contributed by atoms with E-state index in [4.69, 9.17) is 29.3 Å². The standard InChI is InChI=1S/C49H29N5OS/c1-4-14-30(15-5-1)39-29-40(51-46(50-39)31-16-6-2-7-17-31)33-26-27-43-38(28-33)34-21-12-23-37(45(34)56-43)49-53-47(32-18-8-3-9-19-32)52-48(54-49)36-22-13-25-42-44(36)35-20-10-11-24-41(35)55-42/h1-29H. The maximum Gasteiger partial charge on any atom is 0.165 e. The van der Waals surface area contributed by atoms with Gasteiger partial charge in [-0.15, -0.1) is 11.3 Å². The van der Waals surface area contributed by atoms with Crippen molar-refractivity contribution in [2.45, 2.75) is 0 Å². The molecule has 6 nitrogen and oxygen atoms in total. The molecule has 4 aromatic heterocycles. The van der Waals surface area contributed by atoms with Crippen molar-refractivity contribution < 1.29 is 4.42 Å². The Kier molecular flexibility index (Phi) is 7.57. The second kappa shape index (κ2) is 13.2. The van der Waals surface area contributed by atoms with Crippen molar-refractivity contribution in [1.82, 2.24) is 24.9 Å². The molecular weight excluding hydrogens is 707 g/mol. The molecule has 56 heavy (non-hydrogen) atoms. The van der Waals surface area contributed by atoms with Gasteiger partial charge in [0.1, 0.15) is 11.2 Å². The number of benzene rings is 7. The van der Waals surface area contributed by atoms with Crippen LogP contribution in [0.4, 0.5) is 0 Å². The Morgan fingerprint density at radius 2 is 0.911 bits per heavy atom. The molecule has 0 N–H and O–H groups in total. The van der Waals surface area contributed by atoms with Crippen LogP contribution >= 0.6 is 11.3 Å². The normalized spacial score (nSPS) is 11.6. The number of hydrogen-bond donors (Lipinski definition) is 0. The van der Waals surface area contributed by atoms with Gasteiger partial charge in [0.15, 0.2) is 23.3 Å². The van der Waals surface area contributed by atoms with Gasteiger partial charge in [-0.2, -0.15) is 0 Å². The van der Waals surface area contributed by atoms with Gasteiger partial charge in [0.2, 0.25) is 0 Å². The second-order valence-electron chi connectivity index (χ2n) is 13.6. The Hall–Kier alpha value is -7.35. The van der Waals surface area contributed by atoms with Gasteiger partial charge in [-0.25, -0.2) is 24.9 Å². The van der Waals surface area contributed by atoms with Crippen LogP contribution in [0.3, 0.4) is 0 Å². The second-order valence-corrected chi connectivity index (χ2v) is 14.7. The summed E-state index contributed by atoms with van der Waals surface area (Å²) in [7, 11) is 0. The molecule has 0 unspecified atom stereocenters. The quantitative estimate of drug-likeness (QED) is 0.169. The van der Waals surface area contributed by atoms with Crippen LogP contribution in [0, 0.1) is 0 Å². The van der Waals surface area contributed by atoms with E-state index in [0.29, 0.717) is 23.3 Å². The van der Waals surface area contributed by atoms with Crippen molar-refractivity contribution in [3.8, 4) is 68.1 Å². The molecule has 0 bridgehead atoms. The first-order valence-corrected chi connectivity index (χ1v) is 19.2. The monoisotopic (exact) mass is 735 g/mol. The fourth-order valence-electron chi connectivity index (χ4n) is 7.50. The van der Waals surface area contributed by atoms with E-state index < -0.39 is 0 Å². The van der Waals surface area contributed by atoms with Crippen LogP contribution in [0.15, 0.2) is 180 Å². The zero-order chi connectivity index (χ0) is 37.0. The number of furan rings is 1. The van der Waals surface area contributed by atoms with Crippen LogP contribution in [0.5, 0.6) is 0 Å². The van der Waals surface area contributed by atoms with Gasteiger partial charge in [0, 0.05) is 64.3 Å². The fraction of sp³-hybridized carbons (Fsp3) is 0. The Labute approximate surface area is 325 Å². The number of fused-ring (bicyclic) bond motifs is 6. The fourth-order valence-corrected chi connectivity index (χ4v) is 8.69. The highest BCUT2D eigenvalue weighted by Crippen LogP contribution is 2.42. The highest BCUT2D eigenvalue weighted by molar-refractivity contribution is 7.26. The molecule has 4 heterocycles. The van der Waals surface area contributed by atoms with Gasteiger partial charge in [-0.1, -0.05) is 140 Å². The molecule has 0 aliphatic rings. The molecular formula is C49H29N5OS. The molecule has 262 valence electrons. The summed E-state index contributed by atoms with van der Waals surface area (Å²) in [6.45, 7) is 0. The average Bonchev–Trinajstić information content (AvgIpc) is 3.85. The molecule has 0 amide bonds. The van der Waals surface area contributed by atoms with Crippen molar-refractivity contribution in [3.63, 3.8) is 0 Å². The Bertz CT molecular complexity index is 3190. The summed E-state index contributed by atoms with van der Waals surface area (Å²) in [6, 6.07) is 59.8. The van der Waals surface area contributed by atoms with E-state index in [9.17, 15) is 0 Å². The predicted octanol–water partition coefficient (Wildman–Crippen LogP) is 12.9. The number of hydrogen-bond acceptors (Lipinski definition) is 7. The molecule has 0 spiro atoms. The minimum Gasteiger partial charge on any atom is -0.456 e. The Morgan fingerprint density at radius 1 is 0.357 bits per heavy atom. The van der Waals surface area contributed by atoms with Crippen molar-refractivity contribution >= 4 is 53.4 Å². The van der Waals surface area contributed by atoms with Crippen molar-refractivity contribution in [2.75, 3.05) is 0 Å². The maximum atomic E-state index is 6.26. The van der Waals surface area contributed by atoms with Gasteiger partial charge < -0.3 is 4.42 Å². The van der Waals surface area contributed by atoms with E-state index in [1.165, 1.54) is 4.70 Å². The van der Waals surface area contributed by atoms with Crippen LogP contribution < -0.4 is 0 Å². The van der Waals surface area contributed by atoms with Crippen LogP contribution in [-0.2, 0) is 0 Å². The van der Waals surface area contributed by atoms with E-state index >= 15 is 0 Å². The predicted molar refractivity (Wildman–Crippen MR) is 228 cm³/mol. The maximum absolute atomic E-state index is 6.26. The van der Waals surface area contributed by atoms with E-state index in [1.807, 2.05) is 97.1 Å². The first-order chi connectivity index (χ1) is 27.7. The number of para-hydroxylation sites is 1. The van der Waals surface area contributed by atoms with E-state index in [0.717, 1.165) is 82.2 Å². The molecule has 0 saturated carbocycles. The first-order valence-electron chi connectivity index (χ1n) is 18.4. The zero-order valence-corrected chi connectivity index (χ0v) is 30.6. The minimum atomic E-state index is 0.596. The van der Waals surface area contributed by atoms with Gasteiger partial charge in [-0.05, 0) is 36.4 Å². The lowest BCUT2D eigenvalue weighted by Crippen LogP contribution is -2.00. The third kappa shape index (κ3) is 5.52. The van der Waals surface area contributed by atoms with Gasteiger partial charge in [0.05, 0.1) is 11.4 Å². The molecule has 11 aromatic rings. The molecule has 0 aliphatic carbocycles. The number of thiophene rings is 1. The largest absolute Gasteiger partial charge is 0.456 e. The first kappa shape index (κ1) is 32.1. The smallest absolute Gasteiger partial charge is 0.165 e. The number of rotatable bonds is 6. The van der Waals surface area contributed by atoms with Gasteiger partial charge in [0.25, 0.3) is 0 Å². The average molecular weight is 736 g/mol.